The van der Waals surface area contributed by atoms with E-state index in [2.05, 4.69) is 29.5 Å². The molecule has 2 unspecified atom stereocenters. The summed E-state index contributed by atoms with van der Waals surface area (Å²) >= 11 is 0. The van der Waals surface area contributed by atoms with E-state index in [-0.39, 0.29) is 5.91 Å². The van der Waals surface area contributed by atoms with Gasteiger partial charge in [0.1, 0.15) is 0 Å². The summed E-state index contributed by atoms with van der Waals surface area (Å²) in [5, 5.41) is 6.13. The van der Waals surface area contributed by atoms with Gasteiger partial charge in [-0.05, 0) is 44.7 Å². The van der Waals surface area contributed by atoms with Crippen LogP contribution >= 0.6 is 0 Å². The second kappa shape index (κ2) is 5.40. The summed E-state index contributed by atoms with van der Waals surface area (Å²) in [5.41, 5.74) is 1.77. The minimum absolute atomic E-state index is 0.0456. The molecule has 0 radical (unpaired) electrons. The molecular formula is C14H21N3O. The highest BCUT2D eigenvalue weighted by molar-refractivity contribution is 5.94. The number of rotatable bonds is 3. The standard InChI is InChI=1S/C14H21N3O/c1-10-8-13(9-17(10)3)16-12-6-4-11(5-7-12)14(18)15-2/h4-7,10,13,16H,8-9H2,1-3H3,(H,15,18). The second-order valence-corrected chi connectivity index (χ2v) is 5.02. The number of nitrogens with zero attached hydrogens (tertiary/aromatic N) is 1. The number of nitrogens with one attached hydrogen (secondary N) is 2. The second-order valence-electron chi connectivity index (χ2n) is 5.02. The van der Waals surface area contributed by atoms with E-state index in [4.69, 9.17) is 0 Å². The van der Waals surface area contributed by atoms with Crippen LogP contribution in [0.3, 0.4) is 0 Å². The van der Waals surface area contributed by atoms with Crippen LogP contribution in [0.25, 0.3) is 0 Å². The average molecular weight is 247 g/mol. The molecular weight excluding hydrogens is 226 g/mol. The monoisotopic (exact) mass is 247 g/mol. The van der Waals surface area contributed by atoms with E-state index < -0.39 is 0 Å². The van der Waals surface area contributed by atoms with Crippen molar-refractivity contribution in [2.75, 3.05) is 26.0 Å². The van der Waals surface area contributed by atoms with E-state index in [9.17, 15) is 4.79 Å². The van der Waals surface area contributed by atoms with Crippen LogP contribution in [0.15, 0.2) is 24.3 Å². The maximum Gasteiger partial charge on any atom is 0.251 e. The Morgan fingerprint density at radius 2 is 2.00 bits per heavy atom. The number of likely N-dealkylation sites (tertiary alicyclic amines) is 1. The van der Waals surface area contributed by atoms with E-state index in [1.54, 1.807) is 7.05 Å². The maximum atomic E-state index is 11.4. The maximum absolute atomic E-state index is 11.4. The summed E-state index contributed by atoms with van der Waals surface area (Å²) in [6, 6.07) is 8.76. The zero-order valence-corrected chi connectivity index (χ0v) is 11.2. The molecule has 1 saturated heterocycles. The Balaban J connectivity index is 1.97. The highest BCUT2D eigenvalue weighted by Gasteiger charge is 2.25. The molecule has 1 aromatic rings. The summed E-state index contributed by atoms with van der Waals surface area (Å²) in [6.07, 6.45) is 1.16. The minimum atomic E-state index is -0.0456. The minimum Gasteiger partial charge on any atom is -0.381 e. The number of benzene rings is 1. The lowest BCUT2D eigenvalue weighted by molar-refractivity contribution is 0.0963. The van der Waals surface area contributed by atoms with E-state index in [1.807, 2.05) is 24.3 Å². The first-order valence-electron chi connectivity index (χ1n) is 6.39. The molecule has 0 aromatic heterocycles. The quantitative estimate of drug-likeness (QED) is 0.852. The van der Waals surface area contributed by atoms with Gasteiger partial charge in [0.05, 0.1) is 0 Å². The fourth-order valence-corrected chi connectivity index (χ4v) is 2.40. The number of likely N-dealkylation sites (N-methyl/N-ethyl adjacent to an activating group) is 1. The van der Waals surface area contributed by atoms with Gasteiger partial charge in [0.25, 0.3) is 5.91 Å². The number of carbonyl (C=O) groups is 1. The molecule has 1 aliphatic rings. The van der Waals surface area contributed by atoms with Crippen LogP contribution in [-0.4, -0.2) is 43.5 Å². The van der Waals surface area contributed by atoms with Gasteiger partial charge in [0.2, 0.25) is 0 Å². The predicted molar refractivity (Wildman–Crippen MR) is 74.0 cm³/mol. The summed E-state index contributed by atoms with van der Waals surface area (Å²) in [5.74, 6) is -0.0456. The zero-order chi connectivity index (χ0) is 13.1. The molecule has 1 amide bonds. The average Bonchev–Trinajstić information content (AvgIpc) is 2.68. The molecule has 1 aliphatic heterocycles. The van der Waals surface area contributed by atoms with E-state index in [1.165, 1.54) is 0 Å². The van der Waals surface area contributed by atoms with Crippen molar-refractivity contribution in [2.24, 2.45) is 0 Å². The smallest absolute Gasteiger partial charge is 0.251 e. The van der Waals surface area contributed by atoms with Crippen molar-refractivity contribution in [2.45, 2.75) is 25.4 Å². The Labute approximate surface area is 108 Å². The van der Waals surface area contributed by atoms with Crippen molar-refractivity contribution in [1.82, 2.24) is 10.2 Å². The summed E-state index contributed by atoms with van der Waals surface area (Å²) in [7, 11) is 3.80. The highest BCUT2D eigenvalue weighted by Crippen LogP contribution is 2.19. The molecule has 18 heavy (non-hydrogen) atoms. The van der Waals surface area contributed by atoms with Crippen LogP contribution in [0.1, 0.15) is 23.7 Å². The number of hydrogen-bond acceptors (Lipinski definition) is 3. The van der Waals surface area contributed by atoms with Gasteiger partial charge < -0.3 is 15.5 Å². The molecule has 1 aromatic carbocycles. The van der Waals surface area contributed by atoms with Crippen molar-refractivity contribution in [3.8, 4) is 0 Å². The molecule has 1 fully saturated rings. The number of anilines is 1. The molecule has 98 valence electrons. The number of carbonyl (C=O) groups excluding carboxylic acids is 1. The Bertz CT molecular complexity index is 406. The summed E-state index contributed by atoms with van der Waals surface area (Å²) < 4.78 is 0. The Hall–Kier alpha value is -1.55. The molecule has 2 rings (SSSR count). The summed E-state index contributed by atoms with van der Waals surface area (Å²) in [6.45, 7) is 3.31. The Morgan fingerprint density at radius 3 is 2.50 bits per heavy atom. The van der Waals surface area contributed by atoms with E-state index >= 15 is 0 Å². The van der Waals surface area contributed by atoms with Gasteiger partial charge in [0.15, 0.2) is 0 Å². The molecule has 2 atom stereocenters. The van der Waals surface area contributed by atoms with Crippen LogP contribution in [0.2, 0.25) is 0 Å². The molecule has 4 nitrogen and oxygen atoms in total. The van der Waals surface area contributed by atoms with Crippen LogP contribution in [-0.2, 0) is 0 Å². The van der Waals surface area contributed by atoms with Crippen LogP contribution in [0, 0.1) is 0 Å². The van der Waals surface area contributed by atoms with E-state index in [0.717, 1.165) is 18.7 Å². The number of hydrogen-bond donors (Lipinski definition) is 2. The molecule has 4 heteroatoms. The SMILES string of the molecule is CNC(=O)c1ccc(NC2CC(C)N(C)C2)cc1. The molecule has 0 saturated carbocycles. The van der Waals surface area contributed by atoms with Gasteiger partial charge in [-0.2, -0.15) is 0 Å². The Morgan fingerprint density at radius 1 is 1.33 bits per heavy atom. The van der Waals surface area contributed by atoms with Gasteiger partial charge >= 0.3 is 0 Å². The lowest BCUT2D eigenvalue weighted by Crippen LogP contribution is -2.24. The lowest BCUT2D eigenvalue weighted by Gasteiger charge is -2.14. The van der Waals surface area contributed by atoms with Crippen molar-refractivity contribution < 1.29 is 4.79 Å². The van der Waals surface area contributed by atoms with Crippen LogP contribution in [0.5, 0.6) is 0 Å². The molecule has 2 N–H and O–H groups in total. The molecule has 0 bridgehead atoms. The lowest BCUT2D eigenvalue weighted by atomic mass is 10.1. The highest BCUT2D eigenvalue weighted by atomic mass is 16.1. The largest absolute Gasteiger partial charge is 0.381 e. The first-order valence-corrected chi connectivity index (χ1v) is 6.39. The fourth-order valence-electron chi connectivity index (χ4n) is 2.40. The molecule has 0 aliphatic carbocycles. The van der Waals surface area contributed by atoms with Crippen molar-refractivity contribution in [3.63, 3.8) is 0 Å². The topological polar surface area (TPSA) is 44.4 Å². The molecule has 1 heterocycles. The third-order valence-electron chi connectivity index (χ3n) is 3.63. The van der Waals surface area contributed by atoms with Gasteiger partial charge in [-0.25, -0.2) is 0 Å². The zero-order valence-electron chi connectivity index (χ0n) is 11.2. The number of amides is 1. The van der Waals surface area contributed by atoms with Crippen LogP contribution < -0.4 is 10.6 Å². The fraction of sp³-hybridized carbons (Fsp3) is 0.500. The third-order valence-corrected chi connectivity index (χ3v) is 3.63. The van der Waals surface area contributed by atoms with Gasteiger partial charge in [-0.15, -0.1) is 0 Å². The Kier molecular flexibility index (Phi) is 3.87. The summed E-state index contributed by atoms with van der Waals surface area (Å²) in [4.78, 5) is 13.8. The molecule has 0 spiro atoms. The predicted octanol–water partition coefficient (Wildman–Crippen LogP) is 1.55. The van der Waals surface area contributed by atoms with Crippen molar-refractivity contribution in [3.05, 3.63) is 29.8 Å². The normalized spacial score (nSPS) is 23.9. The van der Waals surface area contributed by atoms with Gasteiger partial charge in [-0.1, -0.05) is 0 Å². The van der Waals surface area contributed by atoms with Gasteiger partial charge in [-0.3, -0.25) is 4.79 Å². The van der Waals surface area contributed by atoms with Crippen molar-refractivity contribution >= 4 is 11.6 Å². The third kappa shape index (κ3) is 2.82. The van der Waals surface area contributed by atoms with E-state index in [0.29, 0.717) is 17.6 Å². The van der Waals surface area contributed by atoms with Gasteiger partial charge in [0, 0.05) is 36.9 Å². The van der Waals surface area contributed by atoms with Crippen LogP contribution in [0.4, 0.5) is 5.69 Å². The first kappa shape index (κ1) is 12.9. The first-order chi connectivity index (χ1) is 8.60. The van der Waals surface area contributed by atoms with Crippen molar-refractivity contribution in [1.29, 1.82) is 0 Å².